The summed E-state index contributed by atoms with van der Waals surface area (Å²) in [6.07, 6.45) is -0.328. The summed E-state index contributed by atoms with van der Waals surface area (Å²) < 4.78 is 52.1. The highest BCUT2D eigenvalue weighted by atomic mass is 32.2. The van der Waals surface area contributed by atoms with Crippen molar-refractivity contribution < 1.29 is 31.9 Å². The van der Waals surface area contributed by atoms with Crippen molar-refractivity contribution >= 4 is 38.9 Å². The third kappa shape index (κ3) is 3.88. The van der Waals surface area contributed by atoms with E-state index in [9.17, 15) is 22.4 Å². The zero-order chi connectivity index (χ0) is 23.2. The molecule has 33 heavy (non-hydrogen) atoms. The number of sulfonamides is 1. The number of imide groups is 1. The van der Waals surface area contributed by atoms with E-state index < -0.39 is 33.7 Å². The highest BCUT2D eigenvalue weighted by molar-refractivity contribution is 7.91. The van der Waals surface area contributed by atoms with Gasteiger partial charge in [0.15, 0.2) is 11.5 Å². The van der Waals surface area contributed by atoms with E-state index in [1.165, 1.54) is 18.2 Å². The molecule has 1 saturated heterocycles. The van der Waals surface area contributed by atoms with Crippen LogP contribution in [0, 0.1) is 5.82 Å². The lowest BCUT2D eigenvalue weighted by Gasteiger charge is -2.26. The van der Waals surface area contributed by atoms with Gasteiger partial charge in [-0.2, -0.15) is 4.31 Å². The van der Waals surface area contributed by atoms with Crippen molar-refractivity contribution in [2.45, 2.75) is 23.2 Å². The van der Waals surface area contributed by atoms with Gasteiger partial charge in [0.25, 0.3) is 15.9 Å². The third-order valence-corrected chi connectivity index (χ3v) is 8.62. The SMILES string of the molecule is O=C1CC(N(Cc2ccc3c(c2)OCO3)S(=O)(=O)c2cccs2)C(=O)N1c1ccc(F)cc1. The van der Waals surface area contributed by atoms with Gasteiger partial charge in [0.1, 0.15) is 16.1 Å². The number of rotatable bonds is 6. The van der Waals surface area contributed by atoms with Gasteiger partial charge >= 0.3 is 0 Å². The summed E-state index contributed by atoms with van der Waals surface area (Å²) in [5.74, 6) is -0.746. The molecule has 3 heterocycles. The third-order valence-electron chi connectivity index (χ3n) is 5.39. The predicted molar refractivity (Wildman–Crippen MR) is 117 cm³/mol. The number of anilines is 1. The second kappa shape index (κ2) is 8.25. The lowest BCUT2D eigenvalue weighted by molar-refractivity contribution is -0.122. The van der Waals surface area contributed by atoms with Crippen LogP contribution >= 0.6 is 11.3 Å². The maximum Gasteiger partial charge on any atom is 0.253 e. The number of carbonyl (C=O) groups excluding carboxylic acids is 2. The molecule has 2 amide bonds. The Kier molecular flexibility index (Phi) is 5.39. The predicted octanol–water partition coefficient (Wildman–Crippen LogP) is 3.14. The van der Waals surface area contributed by atoms with Gasteiger partial charge < -0.3 is 9.47 Å². The Morgan fingerprint density at radius 2 is 1.82 bits per heavy atom. The molecule has 0 spiro atoms. The summed E-state index contributed by atoms with van der Waals surface area (Å²) in [6, 6.07) is 11.7. The molecule has 1 unspecified atom stereocenters. The van der Waals surface area contributed by atoms with Crippen molar-refractivity contribution in [2.24, 2.45) is 0 Å². The number of ether oxygens (including phenoxy) is 2. The Hall–Kier alpha value is -3.28. The van der Waals surface area contributed by atoms with Crippen molar-refractivity contribution in [3.63, 3.8) is 0 Å². The number of thiophene rings is 1. The van der Waals surface area contributed by atoms with Crippen LogP contribution in [0.1, 0.15) is 12.0 Å². The molecule has 11 heteroatoms. The standard InChI is InChI=1S/C22H17FN2O6S2/c23-15-4-6-16(7-5-15)25-20(26)11-17(22(25)27)24(33(28,29)21-2-1-9-32-21)12-14-3-8-18-19(10-14)31-13-30-18/h1-10,17H,11-13H2. The normalized spacial score (nSPS) is 17.9. The minimum Gasteiger partial charge on any atom is -0.454 e. The van der Waals surface area contributed by atoms with E-state index >= 15 is 0 Å². The molecular formula is C22H17FN2O6S2. The van der Waals surface area contributed by atoms with Gasteiger partial charge in [-0.15, -0.1) is 11.3 Å². The van der Waals surface area contributed by atoms with Crippen LogP contribution in [-0.4, -0.2) is 37.4 Å². The van der Waals surface area contributed by atoms with Gasteiger partial charge in [-0.25, -0.2) is 17.7 Å². The highest BCUT2D eigenvalue weighted by Gasteiger charge is 2.47. The fourth-order valence-electron chi connectivity index (χ4n) is 3.81. The van der Waals surface area contributed by atoms with Crippen LogP contribution in [0.25, 0.3) is 0 Å². The highest BCUT2D eigenvalue weighted by Crippen LogP contribution is 2.35. The number of carbonyl (C=O) groups is 2. The number of fused-ring (bicyclic) bond motifs is 1. The maximum atomic E-state index is 13.5. The van der Waals surface area contributed by atoms with Gasteiger partial charge in [0.05, 0.1) is 12.1 Å². The molecular weight excluding hydrogens is 471 g/mol. The molecule has 8 nitrogen and oxygen atoms in total. The zero-order valence-electron chi connectivity index (χ0n) is 17.0. The van der Waals surface area contributed by atoms with E-state index in [1.54, 1.807) is 29.6 Å². The second-order valence-electron chi connectivity index (χ2n) is 7.43. The van der Waals surface area contributed by atoms with Gasteiger partial charge in [-0.05, 0) is 53.4 Å². The molecule has 2 aliphatic heterocycles. The summed E-state index contributed by atoms with van der Waals surface area (Å²) in [7, 11) is -4.10. The van der Waals surface area contributed by atoms with Crippen molar-refractivity contribution in [3.05, 3.63) is 71.4 Å². The molecule has 170 valence electrons. The number of benzene rings is 2. The fourth-order valence-corrected chi connectivity index (χ4v) is 6.50. The lowest BCUT2D eigenvalue weighted by atomic mass is 10.1. The first-order chi connectivity index (χ1) is 15.8. The average Bonchev–Trinajstić information content (AvgIpc) is 3.54. The molecule has 0 radical (unpaired) electrons. The first kappa shape index (κ1) is 21.6. The Morgan fingerprint density at radius 1 is 1.06 bits per heavy atom. The molecule has 0 N–H and O–H groups in total. The molecule has 3 aromatic rings. The summed E-state index contributed by atoms with van der Waals surface area (Å²) in [6.45, 7) is -0.0872. The summed E-state index contributed by atoms with van der Waals surface area (Å²) in [5.41, 5.74) is 0.755. The Morgan fingerprint density at radius 3 is 2.55 bits per heavy atom. The number of halogens is 1. The molecule has 0 bridgehead atoms. The maximum absolute atomic E-state index is 13.5. The van der Waals surface area contributed by atoms with E-state index in [0.717, 1.165) is 32.7 Å². The van der Waals surface area contributed by atoms with Crippen LogP contribution in [0.2, 0.25) is 0 Å². The first-order valence-corrected chi connectivity index (χ1v) is 12.2. The van der Waals surface area contributed by atoms with Crippen LogP contribution in [0.3, 0.4) is 0 Å². The van der Waals surface area contributed by atoms with Crippen LogP contribution in [0.15, 0.2) is 64.2 Å². The first-order valence-electron chi connectivity index (χ1n) is 9.91. The van der Waals surface area contributed by atoms with Gasteiger partial charge in [0, 0.05) is 6.54 Å². The van der Waals surface area contributed by atoms with Crippen LogP contribution in [0.4, 0.5) is 10.1 Å². The zero-order valence-corrected chi connectivity index (χ0v) is 18.6. The smallest absolute Gasteiger partial charge is 0.253 e. The van der Waals surface area contributed by atoms with Crippen molar-refractivity contribution in [3.8, 4) is 11.5 Å². The minimum atomic E-state index is -4.10. The molecule has 0 aliphatic carbocycles. The van der Waals surface area contributed by atoms with Gasteiger partial charge in [0.2, 0.25) is 12.7 Å². The van der Waals surface area contributed by atoms with E-state index in [0.29, 0.717) is 17.1 Å². The quantitative estimate of drug-likeness (QED) is 0.495. The van der Waals surface area contributed by atoms with E-state index in [1.807, 2.05) is 0 Å². The van der Waals surface area contributed by atoms with Gasteiger partial charge in [-0.1, -0.05) is 12.1 Å². The van der Waals surface area contributed by atoms with E-state index in [-0.39, 0.29) is 29.7 Å². The number of amides is 2. The number of nitrogens with zero attached hydrogens (tertiary/aromatic N) is 2. The topological polar surface area (TPSA) is 93.2 Å². The lowest BCUT2D eigenvalue weighted by Crippen LogP contribution is -2.44. The number of hydrogen-bond acceptors (Lipinski definition) is 7. The molecule has 2 aromatic carbocycles. The van der Waals surface area contributed by atoms with Crippen LogP contribution in [0.5, 0.6) is 11.5 Å². The van der Waals surface area contributed by atoms with Crippen molar-refractivity contribution in [1.82, 2.24) is 4.31 Å². The monoisotopic (exact) mass is 488 g/mol. The molecule has 2 aliphatic rings. The summed E-state index contributed by atoms with van der Waals surface area (Å²) in [4.78, 5) is 27.0. The molecule has 1 fully saturated rings. The summed E-state index contributed by atoms with van der Waals surface area (Å²) >= 11 is 1.02. The van der Waals surface area contributed by atoms with Crippen molar-refractivity contribution in [1.29, 1.82) is 0 Å². The average molecular weight is 489 g/mol. The molecule has 1 aromatic heterocycles. The van der Waals surface area contributed by atoms with Crippen LogP contribution < -0.4 is 14.4 Å². The van der Waals surface area contributed by atoms with Gasteiger partial charge in [-0.3, -0.25) is 9.59 Å². The largest absolute Gasteiger partial charge is 0.454 e. The van der Waals surface area contributed by atoms with E-state index in [4.69, 9.17) is 9.47 Å². The Bertz CT molecular complexity index is 1330. The summed E-state index contributed by atoms with van der Waals surface area (Å²) in [5, 5.41) is 1.62. The Balaban J connectivity index is 1.52. The second-order valence-corrected chi connectivity index (χ2v) is 10.5. The Labute approximate surface area is 192 Å². The molecule has 5 rings (SSSR count). The number of hydrogen-bond donors (Lipinski definition) is 0. The van der Waals surface area contributed by atoms with Crippen LogP contribution in [-0.2, 0) is 26.2 Å². The minimum absolute atomic E-state index is 0.0590. The fraction of sp³-hybridized carbons (Fsp3) is 0.182. The molecule has 0 saturated carbocycles. The van der Waals surface area contributed by atoms with Crippen molar-refractivity contribution in [2.75, 3.05) is 11.7 Å². The van der Waals surface area contributed by atoms with E-state index in [2.05, 4.69) is 0 Å². The molecule has 1 atom stereocenters.